The Morgan fingerprint density at radius 3 is 3.00 bits per heavy atom. The molecule has 0 aliphatic carbocycles. The predicted molar refractivity (Wildman–Crippen MR) is 82.5 cm³/mol. The van der Waals surface area contributed by atoms with Crippen molar-refractivity contribution in [2.45, 2.75) is 13.3 Å². The van der Waals surface area contributed by atoms with E-state index in [4.69, 9.17) is 5.26 Å². The molecule has 104 valence electrons. The Bertz CT molecular complexity index is 597. The van der Waals surface area contributed by atoms with E-state index in [1.807, 2.05) is 0 Å². The average Bonchev–Trinajstić information content (AvgIpc) is 2.77. The van der Waals surface area contributed by atoms with E-state index < -0.39 is 0 Å². The van der Waals surface area contributed by atoms with Crippen molar-refractivity contribution in [1.29, 1.82) is 5.26 Å². The summed E-state index contributed by atoms with van der Waals surface area (Å²) in [4.78, 5) is 24.8. The number of carbonyl (C=O) groups is 2. The summed E-state index contributed by atoms with van der Waals surface area (Å²) < 4.78 is 0.834. The van der Waals surface area contributed by atoms with Gasteiger partial charge in [0.15, 0.2) is 5.12 Å². The summed E-state index contributed by atoms with van der Waals surface area (Å²) >= 11 is 4.61. The van der Waals surface area contributed by atoms with Crippen LogP contribution in [0.1, 0.15) is 18.9 Å². The predicted octanol–water partition coefficient (Wildman–Crippen LogP) is 2.95. The molecule has 0 bridgehead atoms. The lowest BCUT2D eigenvalue weighted by molar-refractivity contribution is -0.117. The second-order valence-corrected chi connectivity index (χ2v) is 6.76. The minimum absolute atomic E-state index is 0.00810. The van der Waals surface area contributed by atoms with Crippen molar-refractivity contribution >= 4 is 44.4 Å². The van der Waals surface area contributed by atoms with Crippen molar-refractivity contribution < 1.29 is 9.59 Å². The maximum absolute atomic E-state index is 12.1. The summed E-state index contributed by atoms with van der Waals surface area (Å²) in [5, 5.41) is 9.21. The van der Waals surface area contributed by atoms with Gasteiger partial charge in [0, 0.05) is 30.1 Å². The summed E-state index contributed by atoms with van der Waals surface area (Å²) in [6.45, 7) is 2.09. The largest absolute Gasteiger partial charge is 0.311 e. The minimum atomic E-state index is 0.00810. The van der Waals surface area contributed by atoms with Crippen LogP contribution in [-0.2, 0) is 9.59 Å². The van der Waals surface area contributed by atoms with Crippen LogP contribution in [0, 0.1) is 17.2 Å². The van der Waals surface area contributed by atoms with Crippen LogP contribution in [0.5, 0.6) is 0 Å². The van der Waals surface area contributed by atoms with Gasteiger partial charge in [-0.15, -0.1) is 0 Å². The smallest absolute Gasteiger partial charge is 0.227 e. The molecule has 0 aromatic heterocycles. The van der Waals surface area contributed by atoms with Gasteiger partial charge in [0.05, 0.1) is 11.3 Å². The van der Waals surface area contributed by atoms with Gasteiger partial charge in [-0.05, 0) is 24.1 Å². The molecule has 4 nitrogen and oxygen atoms in total. The Balaban J connectivity index is 2.18. The van der Waals surface area contributed by atoms with E-state index in [9.17, 15) is 9.59 Å². The third kappa shape index (κ3) is 3.41. The lowest BCUT2D eigenvalue weighted by atomic mass is 10.1. The zero-order valence-electron chi connectivity index (χ0n) is 10.9. The zero-order chi connectivity index (χ0) is 14.7. The van der Waals surface area contributed by atoms with Gasteiger partial charge in [-0.1, -0.05) is 27.7 Å². The monoisotopic (exact) mass is 352 g/mol. The first-order valence-electron chi connectivity index (χ1n) is 6.14. The Morgan fingerprint density at radius 2 is 2.35 bits per heavy atom. The van der Waals surface area contributed by atoms with E-state index in [2.05, 4.69) is 22.0 Å². The maximum atomic E-state index is 12.1. The highest BCUT2D eigenvalue weighted by atomic mass is 79.9. The van der Waals surface area contributed by atoms with E-state index in [0.29, 0.717) is 30.0 Å². The number of carbonyl (C=O) groups excluding carboxylic acids is 2. The molecule has 1 amide bonds. The van der Waals surface area contributed by atoms with Gasteiger partial charge in [0.25, 0.3) is 0 Å². The maximum Gasteiger partial charge on any atom is 0.227 e. The number of amides is 1. The van der Waals surface area contributed by atoms with Crippen molar-refractivity contribution in [1.82, 2.24) is 0 Å². The lowest BCUT2D eigenvalue weighted by Crippen LogP contribution is -2.25. The van der Waals surface area contributed by atoms with Gasteiger partial charge in [0.1, 0.15) is 6.07 Å². The molecule has 1 heterocycles. The van der Waals surface area contributed by atoms with Crippen LogP contribution in [0.25, 0.3) is 0 Å². The molecule has 1 unspecified atom stereocenters. The second kappa shape index (κ2) is 6.42. The van der Waals surface area contributed by atoms with Gasteiger partial charge in [0.2, 0.25) is 5.91 Å². The van der Waals surface area contributed by atoms with Crippen molar-refractivity contribution in [2.75, 3.05) is 17.2 Å². The normalized spacial score (nSPS) is 18.1. The van der Waals surface area contributed by atoms with Crippen LogP contribution in [-0.4, -0.2) is 23.3 Å². The van der Waals surface area contributed by atoms with Crippen LogP contribution in [0.3, 0.4) is 0 Å². The Kier molecular flexibility index (Phi) is 4.84. The lowest BCUT2D eigenvalue weighted by Gasteiger charge is -2.18. The zero-order valence-corrected chi connectivity index (χ0v) is 13.3. The molecule has 1 aromatic carbocycles. The third-order valence-corrected chi connectivity index (χ3v) is 4.64. The number of benzene rings is 1. The standard InChI is InChI=1S/C14H13BrN2O2S/c1-9(18)20-8-10-4-14(19)17(7-10)13-5-12(15)3-2-11(13)6-16/h2-3,5,10H,4,7-8H2,1H3. The molecule has 0 radical (unpaired) electrons. The number of anilines is 1. The molecule has 20 heavy (non-hydrogen) atoms. The molecule has 1 aliphatic rings. The summed E-state index contributed by atoms with van der Waals surface area (Å²) in [6, 6.07) is 7.38. The number of hydrogen-bond acceptors (Lipinski definition) is 4. The first-order chi connectivity index (χ1) is 9.51. The van der Waals surface area contributed by atoms with Crippen LogP contribution in [0.4, 0.5) is 5.69 Å². The molecule has 1 saturated heterocycles. The van der Waals surface area contributed by atoms with Crippen molar-refractivity contribution in [3.8, 4) is 6.07 Å². The van der Waals surface area contributed by atoms with E-state index in [-0.39, 0.29) is 16.9 Å². The number of hydrogen-bond donors (Lipinski definition) is 0. The number of halogens is 1. The number of rotatable bonds is 3. The molecular formula is C14H13BrN2O2S. The Labute approximate surface area is 130 Å². The van der Waals surface area contributed by atoms with E-state index in [1.165, 1.54) is 18.7 Å². The molecule has 1 aliphatic heterocycles. The number of thioether (sulfide) groups is 1. The van der Waals surface area contributed by atoms with Crippen LogP contribution in [0.2, 0.25) is 0 Å². The SMILES string of the molecule is CC(=O)SCC1CC(=O)N(c2cc(Br)ccc2C#N)C1. The summed E-state index contributed by atoms with van der Waals surface area (Å²) in [5.74, 6) is 0.809. The summed E-state index contributed by atoms with van der Waals surface area (Å²) in [5.41, 5.74) is 1.13. The Morgan fingerprint density at radius 1 is 1.60 bits per heavy atom. The van der Waals surface area contributed by atoms with E-state index in [1.54, 1.807) is 23.1 Å². The fourth-order valence-corrected chi connectivity index (χ4v) is 3.23. The highest BCUT2D eigenvalue weighted by Crippen LogP contribution is 2.31. The summed E-state index contributed by atoms with van der Waals surface area (Å²) in [6.07, 6.45) is 0.428. The molecule has 0 saturated carbocycles. The van der Waals surface area contributed by atoms with Gasteiger partial charge >= 0.3 is 0 Å². The van der Waals surface area contributed by atoms with Gasteiger partial charge < -0.3 is 4.90 Å². The molecular weight excluding hydrogens is 340 g/mol. The van der Waals surface area contributed by atoms with Crippen molar-refractivity contribution in [3.63, 3.8) is 0 Å². The molecule has 1 atom stereocenters. The quantitative estimate of drug-likeness (QED) is 0.838. The fraction of sp³-hybridized carbons (Fsp3) is 0.357. The molecule has 1 fully saturated rings. The third-order valence-electron chi connectivity index (χ3n) is 3.10. The molecule has 6 heteroatoms. The van der Waals surface area contributed by atoms with Gasteiger partial charge in [-0.25, -0.2) is 0 Å². The van der Waals surface area contributed by atoms with E-state index >= 15 is 0 Å². The van der Waals surface area contributed by atoms with Crippen LogP contribution in [0.15, 0.2) is 22.7 Å². The first-order valence-corrected chi connectivity index (χ1v) is 7.92. The van der Waals surface area contributed by atoms with Crippen LogP contribution >= 0.6 is 27.7 Å². The second-order valence-electron chi connectivity index (χ2n) is 4.65. The van der Waals surface area contributed by atoms with Gasteiger partial charge in [-0.3, -0.25) is 9.59 Å². The fourth-order valence-electron chi connectivity index (χ4n) is 2.18. The van der Waals surface area contributed by atoms with E-state index in [0.717, 1.165) is 4.47 Å². The Hall–Kier alpha value is -1.32. The first kappa shape index (κ1) is 15.1. The summed E-state index contributed by atoms with van der Waals surface area (Å²) in [7, 11) is 0. The minimum Gasteiger partial charge on any atom is -0.311 e. The highest BCUT2D eigenvalue weighted by molar-refractivity contribution is 9.10. The topological polar surface area (TPSA) is 61.2 Å². The molecule has 1 aromatic rings. The van der Waals surface area contributed by atoms with Crippen molar-refractivity contribution in [3.05, 3.63) is 28.2 Å². The molecule has 2 rings (SSSR count). The number of nitrogens with zero attached hydrogens (tertiary/aromatic N) is 2. The van der Waals surface area contributed by atoms with Gasteiger partial charge in [-0.2, -0.15) is 5.26 Å². The molecule has 0 N–H and O–H groups in total. The molecule has 0 spiro atoms. The average molecular weight is 353 g/mol. The highest BCUT2D eigenvalue weighted by Gasteiger charge is 2.32. The number of nitriles is 1. The van der Waals surface area contributed by atoms with Crippen LogP contribution < -0.4 is 4.90 Å². The van der Waals surface area contributed by atoms with Crippen molar-refractivity contribution in [2.24, 2.45) is 5.92 Å².